The first-order valence-electron chi connectivity index (χ1n) is 6.10. The third kappa shape index (κ3) is 2.42. The number of hydrogen-bond acceptors (Lipinski definition) is 4. The molecule has 1 aliphatic carbocycles. The van der Waals surface area contributed by atoms with Gasteiger partial charge in [-0.25, -0.2) is 0 Å². The predicted molar refractivity (Wildman–Crippen MR) is 70.7 cm³/mol. The summed E-state index contributed by atoms with van der Waals surface area (Å²) in [5.41, 5.74) is 1.87. The number of nitrogens with one attached hydrogen (secondary N) is 1. The van der Waals surface area contributed by atoms with Crippen LogP contribution in [-0.4, -0.2) is 23.3 Å². The normalized spacial score (nSPS) is 14.3. The second-order valence-corrected chi connectivity index (χ2v) is 4.45. The highest BCUT2D eigenvalue weighted by atomic mass is 16.5. The second-order valence-electron chi connectivity index (χ2n) is 4.45. The molecule has 1 aromatic carbocycles. The first-order chi connectivity index (χ1) is 8.85. The Labute approximate surface area is 106 Å². The van der Waals surface area contributed by atoms with E-state index < -0.39 is 0 Å². The summed E-state index contributed by atoms with van der Waals surface area (Å²) in [6.45, 7) is 0. The lowest BCUT2D eigenvalue weighted by molar-refractivity contribution is 0.415. The fourth-order valence-electron chi connectivity index (χ4n) is 1.78. The maximum atomic E-state index is 5.20. The van der Waals surface area contributed by atoms with Crippen molar-refractivity contribution in [3.63, 3.8) is 0 Å². The zero-order valence-electron chi connectivity index (χ0n) is 10.3. The van der Waals surface area contributed by atoms with Gasteiger partial charge in [0.05, 0.1) is 12.8 Å². The fourth-order valence-corrected chi connectivity index (χ4v) is 1.78. The number of nitrogens with zero attached hydrogens (tertiary/aromatic N) is 2. The van der Waals surface area contributed by atoms with Crippen molar-refractivity contribution in [1.82, 2.24) is 10.2 Å². The monoisotopic (exact) mass is 241 g/mol. The van der Waals surface area contributed by atoms with Crippen molar-refractivity contribution >= 4 is 5.82 Å². The van der Waals surface area contributed by atoms with Gasteiger partial charge in [0.1, 0.15) is 11.6 Å². The SMILES string of the molecule is COc1cccc(-c2ccc(NC3CC3)nn2)c1. The molecule has 0 saturated heterocycles. The molecule has 1 aromatic heterocycles. The minimum absolute atomic E-state index is 0.599. The van der Waals surface area contributed by atoms with E-state index in [1.165, 1.54) is 12.8 Å². The maximum absolute atomic E-state index is 5.20. The summed E-state index contributed by atoms with van der Waals surface area (Å²) in [6.07, 6.45) is 2.47. The molecule has 0 unspecified atom stereocenters. The number of hydrogen-bond donors (Lipinski definition) is 1. The molecule has 0 amide bonds. The summed E-state index contributed by atoms with van der Waals surface area (Å²) in [6, 6.07) is 12.4. The zero-order chi connectivity index (χ0) is 12.4. The van der Waals surface area contributed by atoms with Gasteiger partial charge < -0.3 is 10.1 Å². The second kappa shape index (κ2) is 4.64. The molecule has 3 rings (SSSR count). The molecule has 1 fully saturated rings. The fraction of sp³-hybridized carbons (Fsp3) is 0.286. The largest absolute Gasteiger partial charge is 0.497 e. The van der Waals surface area contributed by atoms with Crippen molar-refractivity contribution < 1.29 is 4.74 Å². The molecule has 1 saturated carbocycles. The standard InChI is InChI=1S/C14H15N3O/c1-18-12-4-2-3-10(9-12)13-7-8-14(17-16-13)15-11-5-6-11/h2-4,7-9,11H,5-6H2,1H3,(H,15,17). The first-order valence-corrected chi connectivity index (χ1v) is 6.10. The topological polar surface area (TPSA) is 47.0 Å². The third-order valence-electron chi connectivity index (χ3n) is 2.96. The van der Waals surface area contributed by atoms with E-state index in [1.807, 2.05) is 36.4 Å². The zero-order valence-corrected chi connectivity index (χ0v) is 10.3. The van der Waals surface area contributed by atoms with Crippen molar-refractivity contribution in [2.75, 3.05) is 12.4 Å². The van der Waals surface area contributed by atoms with Crippen LogP contribution in [0.3, 0.4) is 0 Å². The van der Waals surface area contributed by atoms with Crippen LogP contribution in [0.15, 0.2) is 36.4 Å². The smallest absolute Gasteiger partial charge is 0.148 e. The number of benzene rings is 1. The molecule has 2 aromatic rings. The Hall–Kier alpha value is -2.10. The molecule has 4 heteroatoms. The van der Waals surface area contributed by atoms with Crippen molar-refractivity contribution in [2.45, 2.75) is 18.9 Å². The average molecular weight is 241 g/mol. The molecule has 1 heterocycles. The van der Waals surface area contributed by atoms with E-state index in [2.05, 4.69) is 15.5 Å². The van der Waals surface area contributed by atoms with Gasteiger partial charge in [-0.3, -0.25) is 0 Å². The van der Waals surface area contributed by atoms with E-state index in [0.717, 1.165) is 22.8 Å². The molecule has 0 aliphatic heterocycles. The van der Waals surface area contributed by atoms with E-state index >= 15 is 0 Å². The average Bonchev–Trinajstić information content (AvgIpc) is 3.24. The Kier molecular flexibility index (Phi) is 2.84. The maximum Gasteiger partial charge on any atom is 0.148 e. The van der Waals surface area contributed by atoms with Crippen LogP contribution in [0.5, 0.6) is 5.75 Å². The van der Waals surface area contributed by atoms with Crippen LogP contribution in [0.25, 0.3) is 11.3 Å². The summed E-state index contributed by atoms with van der Waals surface area (Å²) < 4.78 is 5.20. The van der Waals surface area contributed by atoms with Gasteiger partial charge in [0.25, 0.3) is 0 Å². The molecule has 0 bridgehead atoms. The molecule has 4 nitrogen and oxygen atoms in total. The minimum atomic E-state index is 0.599. The number of methoxy groups -OCH3 is 1. The molecule has 0 atom stereocenters. The van der Waals surface area contributed by atoms with E-state index in [1.54, 1.807) is 7.11 Å². The Balaban J connectivity index is 1.81. The summed E-state index contributed by atoms with van der Waals surface area (Å²) in [5, 5.41) is 11.7. The van der Waals surface area contributed by atoms with Crippen LogP contribution < -0.4 is 10.1 Å². The lowest BCUT2D eigenvalue weighted by Crippen LogP contribution is -2.03. The quantitative estimate of drug-likeness (QED) is 0.894. The minimum Gasteiger partial charge on any atom is -0.497 e. The number of anilines is 1. The molecular formula is C14H15N3O. The van der Waals surface area contributed by atoms with Crippen molar-refractivity contribution in [2.24, 2.45) is 0 Å². The lowest BCUT2D eigenvalue weighted by Gasteiger charge is -2.05. The van der Waals surface area contributed by atoms with Crippen molar-refractivity contribution in [3.8, 4) is 17.0 Å². The van der Waals surface area contributed by atoms with Gasteiger partial charge in [0.15, 0.2) is 0 Å². The Morgan fingerprint density at radius 2 is 2.06 bits per heavy atom. The van der Waals surface area contributed by atoms with Crippen LogP contribution in [0.4, 0.5) is 5.82 Å². The molecular weight excluding hydrogens is 226 g/mol. The van der Waals surface area contributed by atoms with Gasteiger partial charge in [-0.15, -0.1) is 10.2 Å². The highest BCUT2D eigenvalue weighted by Crippen LogP contribution is 2.25. The van der Waals surface area contributed by atoms with Crippen LogP contribution in [0.2, 0.25) is 0 Å². The van der Waals surface area contributed by atoms with Gasteiger partial charge in [-0.1, -0.05) is 12.1 Å². The predicted octanol–water partition coefficient (Wildman–Crippen LogP) is 2.73. The summed E-state index contributed by atoms with van der Waals surface area (Å²) >= 11 is 0. The van der Waals surface area contributed by atoms with E-state index in [4.69, 9.17) is 4.74 Å². The summed E-state index contributed by atoms with van der Waals surface area (Å²) in [7, 11) is 1.66. The van der Waals surface area contributed by atoms with Crippen molar-refractivity contribution in [1.29, 1.82) is 0 Å². The van der Waals surface area contributed by atoms with Crippen molar-refractivity contribution in [3.05, 3.63) is 36.4 Å². The summed E-state index contributed by atoms with van der Waals surface area (Å²) in [5.74, 6) is 1.68. The number of aromatic nitrogens is 2. The van der Waals surface area contributed by atoms with Crippen LogP contribution in [-0.2, 0) is 0 Å². The Bertz CT molecular complexity index is 535. The lowest BCUT2D eigenvalue weighted by atomic mass is 10.1. The number of ether oxygens (including phenoxy) is 1. The molecule has 0 spiro atoms. The highest BCUT2D eigenvalue weighted by molar-refractivity contribution is 5.61. The van der Waals surface area contributed by atoms with Crippen LogP contribution >= 0.6 is 0 Å². The van der Waals surface area contributed by atoms with Gasteiger partial charge >= 0.3 is 0 Å². The molecule has 1 N–H and O–H groups in total. The third-order valence-corrected chi connectivity index (χ3v) is 2.96. The molecule has 92 valence electrons. The van der Waals surface area contributed by atoms with E-state index in [-0.39, 0.29) is 0 Å². The Morgan fingerprint density at radius 3 is 2.72 bits per heavy atom. The van der Waals surface area contributed by atoms with Gasteiger partial charge in [-0.05, 0) is 37.1 Å². The Morgan fingerprint density at radius 1 is 1.17 bits per heavy atom. The van der Waals surface area contributed by atoms with E-state index in [0.29, 0.717) is 6.04 Å². The van der Waals surface area contributed by atoms with Crippen LogP contribution in [0, 0.1) is 0 Å². The molecule has 0 radical (unpaired) electrons. The van der Waals surface area contributed by atoms with Crippen LogP contribution in [0.1, 0.15) is 12.8 Å². The summed E-state index contributed by atoms with van der Waals surface area (Å²) in [4.78, 5) is 0. The van der Waals surface area contributed by atoms with E-state index in [9.17, 15) is 0 Å². The van der Waals surface area contributed by atoms with Gasteiger partial charge in [0, 0.05) is 11.6 Å². The van der Waals surface area contributed by atoms with Gasteiger partial charge in [0.2, 0.25) is 0 Å². The molecule has 1 aliphatic rings. The highest BCUT2D eigenvalue weighted by Gasteiger charge is 2.21. The molecule has 18 heavy (non-hydrogen) atoms. The number of rotatable bonds is 4. The first kappa shape index (κ1) is 11.0. The van der Waals surface area contributed by atoms with Gasteiger partial charge in [-0.2, -0.15) is 0 Å².